The zero-order valence-corrected chi connectivity index (χ0v) is 25.9. The monoisotopic (exact) mass is 648 g/mol. The van der Waals surface area contributed by atoms with E-state index in [1.165, 1.54) is 47.2 Å². The van der Waals surface area contributed by atoms with E-state index in [2.05, 4.69) is 10.0 Å². The van der Waals surface area contributed by atoms with Crippen LogP contribution >= 0.6 is 0 Å². The van der Waals surface area contributed by atoms with E-state index in [1.807, 2.05) is 13.8 Å². The van der Waals surface area contributed by atoms with Crippen molar-refractivity contribution < 1.29 is 41.0 Å². The lowest BCUT2D eigenvalue weighted by molar-refractivity contribution is -0.137. The van der Waals surface area contributed by atoms with Crippen LogP contribution in [-0.2, 0) is 16.2 Å². The summed E-state index contributed by atoms with van der Waals surface area (Å²) in [7, 11) is -2.47. The standard InChI is InChI=1S/C31H35F3N4O6S/c1-19-5-12-25(13-6-19)45(42,43)36-24-11-14-27-26(15-24)29(40)38(21(3)18-39)16-20(2)28(44-27)17-37(4)30(41)35-23-9-7-22(8-10-23)31(32,33)34/h5-15,20-21,28,36,39H,16-18H2,1-4H3,(H,35,41)/t20-,21+,28+/m1/s1. The van der Waals surface area contributed by atoms with Crippen LogP contribution in [0, 0.1) is 12.8 Å². The van der Waals surface area contributed by atoms with Gasteiger partial charge in [-0.1, -0.05) is 24.6 Å². The molecule has 1 aliphatic rings. The number of carbonyl (C=O) groups excluding carboxylic acids is 2. The lowest BCUT2D eigenvalue weighted by atomic mass is 9.99. The van der Waals surface area contributed by atoms with Crippen LogP contribution in [0.5, 0.6) is 5.75 Å². The van der Waals surface area contributed by atoms with Gasteiger partial charge in [0.1, 0.15) is 11.9 Å². The van der Waals surface area contributed by atoms with Gasteiger partial charge in [0.2, 0.25) is 0 Å². The molecular weight excluding hydrogens is 613 g/mol. The highest BCUT2D eigenvalue weighted by atomic mass is 32.2. The van der Waals surface area contributed by atoms with Crippen molar-refractivity contribution in [3.8, 4) is 5.75 Å². The first-order chi connectivity index (χ1) is 21.1. The maximum atomic E-state index is 13.7. The zero-order chi connectivity index (χ0) is 33.1. The molecule has 242 valence electrons. The second kappa shape index (κ2) is 13.4. The van der Waals surface area contributed by atoms with Crippen molar-refractivity contribution >= 4 is 33.3 Å². The lowest BCUT2D eigenvalue weighted by Gasteiger charge is -2.38. The van der Waals surface area contributed by atoms with Crippen molar-refractivity contribution in [3.63, 3.8) is 0 Å². The van der Waals surface area contributed by atoms with Crippen molar-refractivity contribution in [2.45, 2.75) is 44.0 Å². The number of likely N-dealkylation sites (N-methyl/N-ethyl adjacent to an activating group) is 1. The Balaban J connectivity index is 1.57. The summed E-state index contributed by atoms with van der Waals surface area (Å²) in [6, 6.07) is 13.5. The van der Waals surface area contributed by atoms with E-state index in [0.29, 0.717) is 0 Å². The number of aliphatic hydroxyl groups excluding tert-OH is 1. The van der Waals surface area contributed by atoms with E-state index in [4.69, 9.17) is 4.74 Å². The Kier molecular flexibility index (Phi) is 9.98. The number of benzene rings is 3. The molecule has 10 nitrogen and oxygen atoms in total. The summed E-state index contributed by atoms with van der Waals surface area (Å²) in [4.78, 5) is 29.5. The maximum Gasteiger partial charge on any atom is 0.416 e. The Labute approximate surface area is 259 Å². The number of hydrogen-bond acceptors (Lipinski definition) is 6. The van der Waals surface area contributed by atoms with Gasteiger partial charge in [0, 0.05) is 30.9 Å². The predicted molar refractivity (Wildman–Crippen MR) is 163 cm³/mol. The van der Waals surface area contributed by atoms with Gasteiger partial charge in [-0.25, -0.2) is 13.2 Å². The van der Waals surface area contributed by atoms with Crippen molar-refractivity contribution in [1.29, 1.82) is 0 Å². The first-order valence-corrected chi connectivity index (χ1v) is 15.6. The highest BCUT2D eigenvalue weighted by Gasteiger charge is 2.34. The average molecular weight is 649 g/mol. The van der Waals surface area contributed by atoms with Gasteiger partial charge < -0.3 is 25.0 Å². The van der Waals surface area contributed by atoms with Crippen molar-refractivity contribution in [1.82, 2.24) is 9.80 Å². The molecule has 3 atom stereocenters. The third-order valence-corrected chi connectivity index (χ3v) is 8.91. The molecule has 14 heteroatoms. The molecule has 0 saturated heterocycles. The summed E-state index contributed by atoms with van der Waals surface area (Å²) in [6.07, 6.45) is -5.17. The normalized spacial score (nSPS) is 17.8. The van der Waals surface area contributed by atoms with E-state index in [9.17, 15) is 36.3 Å². The largest absolute Gasteiger partial charge is 0.487 e. The van der Waals surface area contributed by atoms with Gasteiger partial charge in [0.05, 0.1) is 35.2 Å². The number of halogens is 3. The minimum Gasteiger partial charge on any atom is -0.487 e. The van der Waals surface area contributed by atoms with Gasteiger partial charge in [-0.3, -0.25) is 9.52 Å². The van der Waals surface area contributed by atoms with Gasteiger partial charge in [-0.15, -0.1) is 0 Å². The number of sulfonamides is 1. The molecule has 0 radical (unpaired) electrons. The summed E-state index contributed by atoms with van der Waals surface area (Å²) >= 11 is 0. The van der Waals surface area contributed by atoms with Crippen molar-refractivity contribution in [2.24, 2.45) is 5.92 Å². The molecule has 3 N–H and O–H groups in total. The molecule has 0 aromatic heterocycles. The van der Waals surface area contributed by atoms with Crippen LogP contribution in [0.4, 0.5) is 29.3 Å². The molecule has 1 aliphatic heterocycles. The Hall–Kier alpha value is -4.30. The minimum atomic E-state index is -4.50. The van der Waals surface area contributed by atoms with E-state index in [0.717, 1.165) is 29.8 Å². The average Bonchev–Trinajstić information content (AvgIpc) is 2.98. The van der Waals surface area contributed by atoms with Gasteiger partial charge in [-0.05, 0) is 68.4 Å². The van der Waals surface area contributed by atoms with E-state index < -0.39 is 45.8 Å². The fraction of sp³-hybridized carbons (Fsp3) is 0.355. The predicted octanol–water partition coefficient (Wildman–Crippen LogP) is 5.20. The van der Waals surface area contributed by atoms with E-state index >= 15 is 0 Å². The molecule has 0 unspecified atom stereocenters. The van der Waals surface area contributed by atoms with Crippen LogP contribution in [0.3, 0.4) is 0 Å². The maximum absolute atomic E-state index is 13.7. The van der Waals surface area contributed by atoms with Crippen LogP contribution in [0.2, 0.25) is 0 Å². The number of carbonyl (C=O) groups is 2. The number of ether oxygens (including phenoxy) is 1. The Morgan fingerprint density at radius 3 is 2.31 bits per heavy atom. The van der Waals surface area contributed by atoms with Gasteiger partial charge >= 0.3 is 12.2 Å². The number of alkyl halides is 3. The second-order valence-corrected chi connectivity index (χ2v) is 12.8. The number of aliphatic hydroxyl groups is 1. The Morgan fingerprint density at radius 2 is 1.71 bits per heavy atom. The fourth-order valence-electron chi connectivity index (χ4n) is 4.75. The van der Waals surface area contributed by atoms with Gasteiger partial charge in [0.25, 0.3) is 15.9 Å². The third-order valence-electron chi connectivity index (χ3n) is 7.51. The molecule has 45 heavy (non-hydrogen) atoms. The SMILES string of the molecule is Cc1ccc(S(=O)(=O)Nc2ccc3c(c2)C(=O)N([C@@H](C)CO)C[C@@H](C)[C@H](CN(C)C(=O)Nc2ccc(C(F)(F)F)cc2)O3)cc1. The van der Waals surface area contributed by atoms with Crippen LogP contribution in [0.15, 0.2) is 71.6 Å². The highest BCUT2D eigenvalue weighted by Crippen LogP contribution is 2.32. The number of aryl methyl sites for hydroxylation is 1. The first-order valence-electron chi connectivity index (χ1n) is 14.1. The molecule has 0 saturated carbocycles. The quantitative estimate of drug-likeness (QED) is 0.308. The lowest BCUT2D eigenvalue weighted by Crippen LogP contribution is -2.50. The highest BCUT2D eigenvalue weighted by molar-refractivity contribution is 7.92. The number of anilines is 2. The fourth-order valence-corrected chi connectivity index (χ4v) is 5.80. The number of urea groups is 1. The molecule has 3 aromatic rings. The summed E-state index contributed by atoms with van der Waals surface area (Å²) in [6.45, 7) is 5.19. The number of nitrogens with one attached hydrogen (secondary N) is 2. The smallest absolute Gasteiger partial charge is 0.416 e. The Bertz CT molecular complexity index is 1630. The van der Waals surface area contributed by atoms with Crippen LogP contribution < -0.4 is 14.8 Å². The van der Waals surface area contributed by atoms with Crippen LogP contribution in [-0.4, -0.2) is 74.2 Å². The molecular formula is C31H35F3N4O6S. The second-order valence-electron chi connectivity index (χ2n) is 11.1. The number of hydrogen-bond donors (Lipinski definition) is 3. The number of amides is 3. The van der Waals surface area contributed by atoms with Crippen LogP contribution in [0.25, 0.3) is 0 Å². The first kappa shape index (κ1) is 33.6. The molecule has 0 fully saturated rings. The number of nitrogens with zero attached hydrogens (tertiary/aromatic N) is 2. The molecule has 1 heterocycles. The molecule has 3 amide bonds. The van der Waals surface area contributed by atoms with E-state index in [-0.39, 0.29) is 53.2 Å². The van der Waals surface area contributed by atoms with Crippen molar-refractivity contribution in [2.75, 3.05) is 36.8 Å². The molecule has 0 spiro atoms. The zero-order valence-electron chi connectivity index (χ0n) is 25.1. The minimum absolute atomic E-state index is 0.0322. The van der Waals surface area contributed by atoms with Gasteiger partial charge in [0.15, 0.2) is 0 Å². The van der Waals surface area contributed by atoms with E-state index in [1.54, 1.807) is 19.1 Å². The number of rotatable bonds is 8. The topological polar surface area (TPSA) is 128 Å². The van der Waals surface area contributed by atoms with Gasteiger partial charge in [-0.2, -0.15) is 13.2 Å². The summed E-state index contributed by atoms with van der Waals surface area (Å²) in [5, 5.41) is 12.5. The molecule has 0 bridgehead atoms. The third kappa shape index (κ3) is 8.05. The summed E-state index contributed by atoms with van der Waals surface area (Å²) in [5.41, 5.74) is 0.411. The Morgan fingerprint density at radius 1 is 1.09 bits per heavy atom. The molecule has 3 aromatic carbocycles. The van der Waals surface area contributed by atoms with Crippen LogP contribution in [0.1, 0.15) is 35.3 Å². The molecule has 0 aliphatic carbocycles. The molecule has 4 rings (SSSR count). The summed E-state index contributed by atoms with van der Waals surface area (Å²) < 4.78 is 73.5. The van der Waals surface area contributed by atoms with Crippen molar-refractivity contribution in [3.05, 3.63) is 83.4 Å². The number of fused-ring (bicyclic) bond motifs is 1. The summed E-state index contributed by atoms with van der Waals surface area (Å²) in [5.74, 6) is -0.653.